The lowest BCUT2D eigenvalue weighted by atomic mass is 10.1. The maximum atomic E-state index is 12.8. The Balaban J connectivity index is 1.04. The molecule has 0 radical (unpaired) electrons. The average molecular weight is 542 g/mol. The first kappa shape index (κ1) is 24.1. The fourth-order valence-corrected chi connectivity index (χ4v) is 5.69. The second kappa shape index (κ2) is 9.64. The number of halogens is 1. The molecule has 4 aromatic rings. The SMILES string of the molecule is O=C(Nc1cc(NCc2cn3cc(C4CC4)cc(N4CCCC4=O)c3n2)ncn1)[C@H]1C[C@@H]1c1cccc(Cl)c1. The lowest BCUT2D eigenvalue weighted by Crippen LogP contribution is -2.24. The number of aromatic nitrogens is 4. The molecule has 2 atom stereocenters. The summed E-state index contributed by atoms with van der Waals surface area (Å²) in [6, 6.07) is 11.6. The summed E-state index contributed by atoms with van der Waals surface area (Å²) >= 11 is 6.11. The van der Waals surface area contributed by atoms with Crippen molar-refractivity contribution in [2.75, 3.05) is 22.1 Å². The maximum Gasteiger partial charge on any atom is 0.229 e. The average Bonchev–Trinajstić information content (AvgIpc) is 3.85. The van der Waals surface area contributed by atoms with Gasteiger partial charge in [0.05, 0.1) is 17.9 Å². The third kappa shape index (κ3) is 4.94. The highest BCUT2D eigenvalue weighted by molar-refractivity contribution is 6.30. The fourth-order valence-electron chi connectivity index (χ4n) is 5.49. The minimum Gasteiger partial charge on any atom is -0.364 e. The predicted octanol–water partition coefficient (Wildman–Crippen LogP) is 5.14. The number of hydrogen-bond donors (Lipinski definition) is 2. The van der Waals surface area contributed by atoms with Crippen LogP contribution in [0, 0.1) is 5.92 Å². The van der Waals surface area contributed by atoms with E-state index in [0.29, 0.717) is 35.5 Å². The van der Waals surface area contributed by atoms with Crippen molar-refractivity contribution in [3.05, 3.63) is 77.0 Å². The van der Waals surface area contributed by atoms with Crippen molar-refractivity contribution < 1.29 is 9.59 Å². The minimum atomic E-state index is -0.0926. The number of benzene rings is 1. The third-order valence-corrected chi connectivity index (χ3v) is 8.02. The summed E-state index contributed by atoms with van der Waals surface area (Å²) in [5, 5.41) is 6.90. The van der Waals surface area contributed by atoms with Gasteiger partial charge in [0.25, 0.3) is 0 Å². The summed E-state index contributed by atoms with van der Waals surface area (Å²) in [6.45, 7) is 1.18. The Morgan fingerprint density at radius 3 is 2.74 bits per heavy atom. The summed E-state index contributed by atoms with van der Waals surface area (Å²) in [5.74, 6) is 1.81. The van der Waals surface area contributed by atoms with E-state index in [-0.39, 0.29) is 23.7 Å². The van der Waals surface area contributed by atoms with Crippen molar-refractivity contribution in [2.45, 2.75) is 50.5 Å². The topological polar surface area (TPSA) is 105 Å². The second-order valence-electron chi connectivity index (χ2n) is 10.7. The standard InChI is InChI=1S/C29H28ClN7O2/c30-20-4-1-3-18(9-20)22-11-23(22)29(39)35-26-12-25(32-16-33-26)31-13-21-15-36-14-19(17-6-7-17)10-24(28(36)34-21)37-8-2-5-27(37)38/h1,3-4,9-10,12,14-17,22-23H,2,5-8,11,13H2,(H2,31,32,33,35,39)/t22-,23+/m1/s1. The Kier molecular flexibility index (Phi) is 5.96. The molecule has 1 aromatic carbocycles. The van der Waals surface area contributed by atoms with Gasteiger partial charge < -0.3 is 19.9 Å². The van der Waals surface area contributed by atoms with Crippen LogP contribution in [0.5, 0.6) is 0 Å². The lowest BCUT2D eigenvalue weighted by molar-refractivity contribution is -0.118. The lowest BCUT2D eigenvalue weighted by Gasteiger charge is -2.17. The van der Waals surface area contributed by atoms with Crippen LogP contribution < -0.4 is 15.5 Å². The zero-order valence-electron chi connectivity index (χ0n) is 21.3. The predicted molar refractivity (Wildman–Crippen MR) is 149 cm³/mol. The molecule has 39 heavy (non-hydrogen) atoms. The molecular weight excluding hydrogens is 514 g/mol. The number of imidazole rings is 1. The van der Waals surface area contributed by atoms with Gasteiger partial charge in [0.2, 0.25) is 11.8 Å². The summed E-state index contributed by atoms with van der Waals surface area (Å²) in [4.78, 5) is 40.6. The van der Waals surface area contributed by atoms with E-state index in [9.17, 15) is 9.59 Å². The number of amides is 2. The number of rotatable bonds is 8. The van der Waals surface area contributed by atoms with Crippen molar-refractivity contribution in [3.8, 4) is 0 Å². The van der Waals surface area contributed by atoms with Crippen LogP contribution in [0.4, 0.5) is 17.3 Å². The van der Waals surface area contributed by atoms with Crippen LogP contribution in [0.15, 0.2) is 55.1 Å². The van der Waals surface area contributed by atoms with Gasteiger partial charge in [0, 0.05) is 42.4 Å². The summed E-state index contributed by atoms with van der Waals surface area (Å²) in [7, 11) is 0. The number of pyridine rings is 1. The molecule has 7 rings (SSSR count). The van der Waals surface area contributed by atoms with Crippen LogP contribution in [0.3, 0.4) is 0 Å². The molecule has 2 amide bonds. The number of fused-ring (bicyclic) bond motifs is 1. The highest BCUT2D eigenvalue weighted by atomic mass is 35.5. The van der Waals surface area contributed by atoms with E-state index < -0.39 is 0 Å². The Morgan fingerprint density at radius 1 is 1.08 bits per heavy atom. The molecule has 0 unspecified atom stereocenters. The number of carbonyl (C=O) groups is 2. The van der Waals surface area contributed by atoms with Gasteiger partial charge >= 0.3 is 0 Å². The summed E-state index contributed by atoms with van der Waals surface area (Å²) in [5.41, 5.74) is 4.87. The van der Waals surface area contributed by atoms with Gasteiger partial charge in [-0.25, -0.2) is 15.0 Å². The van der Waals surface area contributed by atoms with E-state index in [1.165, 1.54) is 24.7 Å². The van der Waals surface area contributed by atoms with E-state index in [1.807, 2.05) is 39.8 Å². The number of hydrogen-bond acceptors (Lipinski definition) is 6. The molecule has 1 aliphatic heterocycles. The third-order valence-electron chi connectivity index (χ3n) is 7.79. The minimum absolute atomic E-state index is 0.0552. The Morgan fingerprint density at radius 2 is 1.95 bits per heavy atom. The molecule has 1 saturated heterocycles. The van der Waals surface area contributed by atoms with Crippen molar-refractivity contribution in [2.24, 2.45) is 5.92 Å². The van der Waals surface area contributed by atoms with Crippen molar-refractivity contribution in [1.82, 2.24) is 19.4 Å². The van der Waals surface area contributed by atoms with Gasteiger partial charge in [-0.1, -0.05) is 23.7 Å². The molecule has 9 nitrogen and oxygen atoms in total. The fraction of sp³-hybridized carbons (Fsp3) is 0.345. The Hall–Kier alpha value is -3.98. The van der Waals surface area contributed by atoms with Gasteiger partial charge in [-0.2, -0.15) is 0 Å². The number of carbonyl (C=O) groups excluding carboxylic acids is 2. The van der Waals surface area contributed by atoms with Crippen LogP contribution >= 0.6 is 11.6 Å². The monoisotopic (exact) mass is 541 g/mol. The van der Waals surface area contributed by atoms with Gasteiger partial charge in [0.15, 0.2) is 5.65 Å². The van der Waals surface area contributed by atoms with Crippen LogP contribution in [0.2, 0.25) is 5.02 Å². The van der Waals surface area contributed by atoms with Crippen LogP contribution in [0.25, 0.3) is 5.65 Å². The molecule has 0 spiro atoms. The summed E-state index contributed by atoms with van der Waals surface area (Å²) in [6.07, 6.45) is 10.2. The first-order chi connectivity index (χ1) is 19.0. The van der Waals surface area contributed by atoms with Crippen LogP contribution in [0.1, 0.15) is 60.8 Å². The van der Waals surface area contributed by atoms with E-state index in [4.69, 9.17) is 16.6 Å². The highest BCUT2D eigenvalue weighted by Gasteiger charge is 2.44. The molecule has 2 aliphatic carbocycles. The van der Waals surface area contributed by atoms with E-state index >= 15 is 0 Å². The van der Waals surface area contributed by atoms with Gasteiger partial charge in [-0.05, 0) is 66.8 Å². The molecule has 3 aromatic heterocycles. The van der Waals surface area contributed by atoms with Gasteiger partial charge in [0.1, 0.15) is 18.0 Å². The first-order valence-corrected chi connectivity index (χ1v) is 13.8. The molecule has 3 fully saturated rings. The maximum absolute atomic E-state index is 12.8. The zero-order chi connectivity index (χ0) is 26.5. The van der Waals surface area contributed by atoms with Gasteiger partial charge in [-0.3, -0.25) is 9.59 Å². The quantitative estimate of drug-likeness (QED) is 0.320. The number of nitrogens with one attached hydrogen (secondary N) is 2. The van der Waals surface area contributed by atoms with E-state index in [0.717, 1.165) is 42.0 Å². The number of anilines is 3. The normalized spacial score (nSPS) is 20.4. The summed E-state index contributed by atoms with van der Waals surface area (Å²) < 4.78 is 2.04. The van der Waals surface area contributed by atoms with Crippen molar-refractivity contribution >= 4 is 46.4 Å². The molecule has 2 saturated carbocycles. The molecule has 2 N–H and O–H groups in total. The van der Waals surface area contributed by atoms with Crippen LogP contribution in [-0.2, 0) is 16.1 Å². The molecule has 198 valence electrons. The molecule has 4 heterocycles. The van der Waals surface area contributed by atoms with Crippen molar-refractivity contribution in [3.63, 3.8) is 0 Å². The Bertz CT molecular complexity index is 1600. The van der Waals surface area contributed by atoms with E-state index in [1.54, 1.807) is 6.07 Å². The molecule has 3 aliphatic rings. The molecule has 0 bridgehead atoms. The molecular formula is C29H28ClN7O2. The molecule has 10 heteroatoms. The van der Waals surface area contributed by atoms with Crippen molar-refractivity contribution in [1.29, 1.82) is 0 Å². The highest BCUT2D eigenvalue weighted by Crippen LogP contribution is 2.48. The smallest absolute Gasteiger partial charge is 0.229 e. The van der Waals surface area contributed by atoms with E-state index in [2.05, 4.69) is 32.9 Å². The largest absolute Gasteiger partial charge is 0.364 e. The number of nitrogens with zero attached hydrogens (tertiary/aromatic N) is 5. The zero-order valence-corrected chi connectivity index (χ0v) is 22.1. The Labute approximate surface area is 230 Å². The van der Waals surface area contributed by atoms with Gasteiger partial charge in [-0.15, -0.1) is 0 Å². The first-order valence-electron chi connectivity index (χ1n) is 13.5. The second-order valence-corrected chi connectivity index (χ2v) is 11.1. The van der Waals surface area contributed by atoms with Crippen LogP contribution in [-0.4, -0.2) is 37.7 Å².